The average Bonchev–Trinajstić information content (AvgIpc) is 1.63. The summed E-state index contributed by atoms with van der Waals surface area (Å²) in [5.74, 6) is -5.94. The molecule has 2 saturated heterocycles. The van der Waals surface area contributed by atoms with Gasteiger partial charge >= 0.3 is 19.8 Å². The number of likely N-dealkylation sites (tertiary alicyclic amines) is 2. The lowest BCUT2D eigenvalue weighted by Gasteiger charge is -2.34. The van der Waals surface area contributed by atoms with E-state index in [2.05, 4.69) is 50.8 Å². The molecule has 2 fully saturated rings. The van der Waals surface area contributed by atoms with Gasteiger partial charge in [-0.1, -0.05) is 255 Å². The van der Waals surface area contributed by atoms with Gasteiger partial charge in [-0.05, 0) is 82.3 Å². The van der Waals surface area contributed by atoms with Crippen molar-refractivity contribution in [2.45, 2.75) is 346 Å². The molecule has 2 aliphatic heterocycles. The first kappa shape index (κ1) is 100. The third kappa shape index (κ3) is 45.1. The largest absolute Gasteiger partial charge is 0.472 e. The summed E-state index contributed by atoms with van der Waals surface area (Å²) in [6.07, 6.45) is 31.7. The van der Waals surface area contributed by atoms with E-state index < -0.39 is 134 Å². The molecule has 2 aromatic carbocycles. The van der Waals surface area contributed by atoms with Gasteiger partial charge in [-0.25, -0.2) is 14.7 Å². The van der Waals surface area contributed by atoms with Crippen molar-refractivity contribution in [3.63, 3.8) is 0 Å². The molecule has 0 bridgehead atoms. The molecule has 0 aromatic heterocycles. The zero-order valence-electron chi connectivity index (χ0n) is 70.0. The summed E-state index contributed by atoms with van der Waals surface area (Å²) in [7, 11) is -4.78. The van der Waals surface area contributed by atoms with Gasteiger partial charge in [0, 0.05) is 58.3 Å². The zero-order chi connectivity index (χ0) is 84.4. The van der Waals surface area contributed by atoms with Gasteiger partial charge in [0.05, 0.1) is 38.5 Å². The van der Waals surface area contributed by atoms with Crippen LogP contribution in [-0.4, -0.2) is 180 Å². The molecule has 2 aliphatic rings. The van der Waals surface area contributed by atoms with Crippen molar-refractivity contribution in [2.24, 2.45) is 10.8 Å². The Labute approximate surface area is 688 Å². The maximum atomic E-state index is 14.9. The smallest absolute Gasteiger partial charge is 0.462 e. The Hall–Kier alpha value is -7.92. The summed E-state index contributed by atoms with van der Waals surface area (Å²) in [6.45, 7) is 6.28. The number of esters is 2. The van der Waals surface area contributed by atoms with Gasteiger partial charge in [-0.3, -0.25) is 57.0 Å². The van der Waals surface area contributed by atoms with Crippen molar-refractivity contribution in [3.05, 3.63) is 81.9 Å². The fourth-order valence-corrected chi connectivity index (χ4v) is 15.0. The number of carbonyl (C=O) groups excluding carboxylic acids is 10. The average molecular weight is 1650 g/mol. The molecule has 4 rings (SSSR count). The summed E-state index contributed by atoms with van der Waals surface area (Å²) >= 11 is 0. The predicted octanol–water partition coefficient (Wildman–Crippen LogP) is 12.3. The lowest BCUT2D eigenvalue weighted by atomic mass is 9.99. The zero-order valence-corrected chi connectivity index (χ0v) is 70.9. The van der Waals surface area contributed by atoms with Crippen LogP contribution >= 0.6 is 7.82 Å². The molecular formula is C85H140N11O19P. The molecule has 8 atom stereocenters. The van der Waals surface area contributed by atoms with Crippen molar-refractivity contribution in [3.8, 4) is 0 Å². The van der Waals surface area contributed by atoms with Crippen molar-refractivity contribution >= 4 is 72.9 Å². The molecule has 7 amide bonds. The number of carbonyl (C=O) groups is 10. The van der Waals surface area contributed by atoms with E-state index >= 15 is 0 Å². The lowest BCUT2D eigenvalue weighted by molar-refractivity contribution is -0.485. The summed E-state index contributed by atoms with van der Waals surface area (Å²) in [6, 6.07) is 12.5. The van der Waals surface area contributed by atoms with Gasteiger partial charge in [0.1, 0.15) is 35.9 Å². The maximum Gasteiger partial charge on any atom is 0.472 e. The van der Waals surface area contributed by atoms with Crippen LogP contribution in [0.3, 0.4) is 0 Å². The van der Waals surface area contributed by atoms with Gasteiger partial charge in [-0.15, -0.1) is 0 Å². The molecule has 9 N–H and O–H groups in total. The molecule has 8 unspecified atom stereocenters. The molecular weight excluding hydrogens is 1510 g/mol. The van der Waals surface area contributed by atoms with Crippen molar-refractivity contribution in [1.82, 2.24) is 41.7 Å². The number of Topliss-reactive ketones (excluding diaryl/α,β-unsaturated/α-hetero) is 1. The second-order valence-electron chi connectivity index (χ2n) is 30.8. The Bertz CT molecular complexity index is 3270. The van der Waals surface area contributed by atoms with Crippen LogP contribution in [0.15, 0.2) is 65.8 Å². The fourth-order valence-electron chi connectivity index (χ4n) is 14.3. The minimum absolute atomic E-state index is 0.000624. The molecule has 31 heteroatoms. The molecule has 0 spiro atoms. The van der Waals surface area contributed by atoms with E-state index in [9.17, 15) is 67.5 Å². The van der Waals surface area contributed by atoms with Crippen LogP contribution in [0.25, 0.3) is 0 Å². The first-order chi connectivity index (χ1) is 56.0. The standard InChI is InChI=1S/C85H140N11O19P/c1-5-8-11-13-15-17-19-21-23-25-27-29-38-54-78(101)112-64-69(115-79(102)55-39-30-28-26-24-22-20-18-16-14-12-9-6-2)65-114-116(109,110)113-60-57-87-75(98)52-40-53-76(99)89-62-77(100)92-80(66(4)111-63-68-46-36-32-37-47-68)82(104)91-71(48-33-10-7-3)83(105)95-59-43-51-73(95)84(106)94-58-42-50-72(94)81(103)90-70(49-41-56-88-85(86)93-96(107)108)74(97)61-67-44-34-31-35-45-67/h31-32,34-37,44-47,66,69-73,80H,5-30,33,38-43,48-65H2,1-4H3,(H,87,98)(H,89,99)(H,90,103)(H,91,104)(H,92,100)(H,109,110)(H3,86,88,93). The number of phosphoric ester groups is 1. The van der Waals surface area contributed by atoms with Crippen LogP contribution in [0.2, 0.25) is 0 Å². The molecule has 0 aliphatic carbocycles. The summed E-state index contributed by atoms with van der Waals surface area (Å²) in [5, 5.41) is 29.0. The van der Waals surface area contributed by atoms with Crippen LogP contribution in [-0.2, 0) is 88.8 Å². The highest BCUT2D eigenvalue weighted by atomic mass is 31.2. The van der Waals surface area contributed by atoms with Crippen molar-refractivity contribution < 1.29 is 85.7 Å². The Morgan fingerprint density at radius 2 is 1.07 bits per heavy atom. The van der Waals surface area contributed by atoms with Gasteiger partial charge < -0.3 is 66.5 Å². The van der Waals surface area contributed by atoms with Crippen LogP contribution in [0.1, 0.15) is 302 Å². The van der Waals surface area contributed by atoms with Crippen LogP contribution in [0.4, 0.5) is 0 Å². The first-order valence-corrected chi connectivity index (χ1v) is 45.0. The number of guanidine groups is 1. The second-order valence-corrected chi connectivity index (χ2v) is 32.3. The van der Waals surface area contributed by atoms with E-state index in [1.807, 2.05) is 43.3 Å². The van der Waals surface area contributed by atoms with Crippen molar-refractivity contribution in [2.75, 3.05) is 52.5 Å². The minimum Gasteiger partial charge on any atom is -0.462 e. The summed E-state index contributed by atoms with van der Waals surface area (Å²) in [5.41, 5.74) is 7.09. The SMILES string of the molecule is CCCCCCCCCCCCCCCC(=O)OCC(COP(=O)(O)OCCNC(=O)CCCC(=O)NCC(=O)NC(C(=O)NC(CCCCC)C(=O)N1CCCC1C(=O)N1CCCC1C(=O)NC(CCCN/C(N)=N/[N+](=O)[O-])C(=O)Cc1ccccc1)C(C)OCc1ccccc1)OC(=O)CCCCCCCCCCCCCCC. The lowest BCUT2D eigenvalue weighted by Crippen LogP contribution is -2.60. The number of nitrogens with two attached hydrogens (primary N) is 1. The molecule has 654 valence electrons. The fraction of sp³-hybridized carbons (Fsp3) is 0.729. The van der Waals surface area contributed by atoms with E-state index in [4.69, 9.17) is 29.0 Å². The minimum atomic E-state index is -4.78. The van der Waals surface area contributed by atoms with E-state index in [1.54, 1.807) is 31.2 Å². The summed E-state index contributed by atoms with van der Waals surface area (Å²) in [4.78, 5) is 162. The van der Waals surface area contributed by atoms with Gasteiger partial charge in [0.15, 0.2) is 16.9 Å². The quantitative estimate of drug-likeness (QED) is 0.00580. The number of phosphoric acid groups is 1. The molecule has 2 aromatic rings. The predicted molar refractivity (Wildman–Crippen MR) is 444 cm³/mol. The maximum absolute atomic E-state index is 14.9. The highest BCUT2D eigenvalue weighted by Gasteiger charge is 2.45. The number of rotatable bonds is 67. The van der Waals surface area contributed by atoms with Crippen LogP contribution < -0.4 is 37.6 Å². The second kappa shape index (κ2) is 61.4. The Kier molecular flexibility index (Phi) is 53.2. The van der Waals surface area contributed by atoms with Crippen LogP contribution in [0, 0.1) is 10.1 Å². The molecule has 0 saturated carbocycles. The normalized spacial score (nSPS) is 15.9. The van der Waals surface area contributed by atoms with Gasteiger partial charge in [0.25, 0.3) is 5.96 Å². The Balaban J connectivity index is 1.28. The number of nitrogens with one attached hydrogen (secondary N) is 6. The highest BCUT2D eigenvalue weighted by Crippen LogP contribution is 2.43. The first-order valence-electron chi connectivity index (χ1n) is 43.5. The topological polar surface area (TPSA) is 414 Å². The number of amides is 7. The van der Waals surface area contributed by atoms with E-state index in [0.717, 1.165) is 62.5 Å². The number of nitrogens with zero attached hydrogens (tertiary/aromatic N) is 4. The monoisotopic (exact) mass is 1650 g/mol. The molecule has 0 radical (unpaired) electrons. The number of hydrogen-bond donors (Lipinski definition) is 8. The third-order valence-electron chi connectivity index (χ3n) is 20.9. The highest BCUT2D eigenvalue weighted by molar-refractivity contribution is 7.47. The van der Waals surface area contributed by atoms with Crippen molar-refractivity contribution in [1.29, 1.82) is 0 Å². The summed E-state index contributed by atoms with van der Waals surface area (Å²) < 4.78 is 40.6. The number of ketones is 1. The molecule has 2 heterocycles. The van der Waals surface area contributed by atoms with Gasteiger partial charge in [-0.2, -0.15) is 0 Å². The van der Waals surface area contributed by atoms with Crippen LogP contribution in [0.5, 0.6) is 0 Å². The molecule has 116 heavy (non-hydrogen) atoms. The van der Waals surface area contributed by atoms with Gasteiger partial charge in [0.2, 0.25) is 41.4 Å². The number of nitro groups is 1. The molecule has 30 nitrogen and oxygen atoms in total. The van der Waals surface area contributed by atoms with E-state index in [0.29, 0.717) is 38.5 Å². The Morgan fingerprint density at radius 3 is 1.64 bits per heavy atom. The van der Waals surface area contributed by atoms with E-state index in [1.165, 1.54) is 119 Å². The Morgan fingerprint density at radius 1 is 0.560 bits per heavy atom. The number of benzene rings is 2. The number of hydrazone groups is 1. The number of hydrogen-bond acceptors (Lipinski definition) is 18. The number of unbranched alkanes of at least 4 members (excludes halogenated alkanes) is 26. The third-order valence-corrected chi connectivity index (χ3v) is 21.9. The van der Waals surface area contributed by atoms with E-state index in [-0.39, 0.29) is 116 Å². The number of ether oxygens (including phenoxy) is 3.